The molecular weight excluding hydrogens is 230 g/mol. The summed E-state index contributed by atoms with van der Waals surface area (Å²) in [7, 11) is 0. The molecule has 1 heteroatoms. The van der Waals surface area contributed by atoms with Gasteiger partial charge in [0.15, 0.2) is 0 Å². The highest BCUT2D eigenvalue weighted by molar-refractivity contribution is 5.32. The maximum absolute atomic E-state index is 5.68. The Morgan fingerprint density at radius 3 is 2.05 bits per heavy atom. The van der Waals surface area contributed by atoms with Crippen LogP contribution in [0.25, 0.3) is 0 Å². The van der Waals surface area contributed by atoms with Gasteiger partial charge >= 0.3 is 0 Å². The van der Waals surface area contributed by atoms with Crippen molar-refractivity contribution in [1.82, 2.24) is 0 Å². The third-order valence-corrected chi connectivity index (χ3v) is 3.46. The van der Waals surface area contributed by atoms with Gasteiger partial charge in [0, 0.05) is 6.54 Å². The van der Waals surface area contributed by atoms with Crippen LogP contribution < -0.4 is 5.73 Å². The lowest BCUT2D eigenvalue weighted by Gasteiger charge is -2.19. The van der Waals surface area contributed by atoms with E-state index in [1.165, 1.54) is 22.3 Å². The van der Waals surface area contributed by atoms with Crippen molar-refractivity contribution in [3.05, 3.63) is 70.8 Å². The normalized spacial score (nSPS) is 11.6. The summed E-state index contributed by atoms with van der Waals surface area (Å²) in [4.78, 5) is 0. The maximum Gasteiger partial charge on any atom is 0.0178 e. The summed E-state index contributed by atoms with van der Waals surface area (Å²) in [6.45, 7) is 7.34. The number of rotatable bonds is 3. The summed E-state index contributed by atoms with van der Waals surface area (Å²) < 4.78 is 0. The highest BCUT2D eigenvalue weighted by Crippen LogP contribution is 2.23. The Balaban J connectivity index is 2.15. The molecule has 0 spiro atoms. The number of benzene rings is 2. The van der Waals surface area contributed by atoms with Crippen LogP contribution in [-0.2, 0) is 18.4 Å². The van der Waals surface area contributed by atoms with Gasteiger partial charge < -0.3 is 5.73 Å². The summed E-state index contributed by atoms with van der Waals surface area (Å²) in [5, 5.41) is 0. The van der Waals surface area contributed by atoms with E-state index in [1.54, 1.807) is 0 Å². The van der Waals surface area contributed by atoms with Crippen LogP contribution in [0, 0.1) is 0 Å². The van der Waals surface area contributed by atoms with Crippen molar-refractivity contribution < 1.29 is 0 Å². The minimum absolute atomic E-state index is 0.220. The molecule has 2 aromatic rings. The summed E-state index contributed by atoms with van der Waals surface area (Å²) in [6, 6.07) is 17.5. The molecule has 2 aromatic carbocycles. The minimum Gasteiger partial charge on any atom is -0.326 e. The number of hydrogen-bond acceptors (Lipinski definition) is 1. The van der Waals surface area contributed by atoms with E-state index in [0.29, 0.717) is 6.54 Å². The zero-order valence-electron chi connectivity index (χ0n) is 12.1. The van der Waals surface area contributed by atoms with Crippen molar-refractivity contribution in [3.8, 4) is 0 Å². The molecule has 0 bridgehead atoms. The molecular formula is C18H23N. The van der Waals surface area contributed by atoms with Crippen LogP contribution in [0.3, 0.4) is 0 Å². The van der Waals surface area contributed by atoms with Gasteiger partial charge in [-0.05, 0) is 34.1 Å². The van der Waals surface area contributed by atoms with Gasteiger partial charge in [-0.15, -0.1) is 0 Å². The highest BCUT2D eigenvalue weighted by atomic mass is 14.5. The summed E-state index contributed by atoms with van der Waals surface area (Å²) in [5.74, 6) is 0. The average molecular weight is 253 g/mol. The molecule has 0 atom stereocenters. The third kappa shape index (κ3) is 3.68. The summed E-state index contributed by atoms with van der Waals surface area (Å²) >= 11 is 0. The van der Waals surface area contributed by atoms with E-state index in [-0.39, 0.29) is 5.41 Å². The first kappa shape index (κ1) is 13.8. The lowest BCUT2D eigenvalue weighted by Crippen LogP contribution is -2.10. The second-order valence-corrected chi connectivity index (χ2v) is 6.15. The standard InChI is InChI=1S/C18H23N/c1-18(2,3)17-9-7-14(8-10-17)11-15-5-4-6-16(12-15)13-19/h4-10,12H,11,13,19H2,1-3H3. The van der Waals surface area contributed by atoms with E-state index in [9.17, 15) is 0 Å². The third-order valence-electron chi connectivity index (χ3n) is 3.46. The molecule has 19 heavy (non-hydrogen) atoms. The van der Waals surface area contributed by atoms with Gasteiger partial charge in [-0.3, -0.25) is 0 Å². The molecule has 0 fully saturated rings. The number of hydrogen-bond donors (Lipinski definition) is 1. The fraction of sp³-hybridized carbons (Fsp3) is 0.333. The molecule has 0 aliphatic heterocycles. The SMILES string of the molecule is CC(C)(C)c1ccc(Cc2cccc(CN)c2)cc1. The molecule has 0 saturated heterocycles. The first-order valence-corrected chi connectivity index (χ1v) is 6.86. The van der Waals surface area contributed by atoms with Crippen molar-refractivity contribution in [1.29, 1.82) is 0 Å². The van der Waals surface area contributed by atoms with E-state index in [1.807, 2.05) is 0 Å². The smallest absolute Gasteiger partial charge is 0.0178 e. The van der Waals surface area contributed by atoms with Crippen molar-refractivity contribution in [2.75, 3.05) is 0 Å². The van der Waals surface area contributed by atoms with Gasteiger partial charge in [-0.25, -0.2) is 0 Å². The van der Waals surface area contributed by atoms with E-state index < -0.39 is 0 Å². The topological polar surface area (TPSA) is 26.0 Å². The molecule has 0 saturated carbocycles. The lowest BCUT2D eigenvalue weighted by atomic mass is 9.86. The fourth-order valence-electron chi connectivity index (χ4n) is 2.22. The molecule has 2 rings (SSSR count). The molecule has 0 heterocycles. The van der Waals surface area contributed by atoms with Crippen LogP contribution in [0.5, 0.6) is 0 Å². The second kappa shape index (κ2) is 5.58. The van der Waals surface area contributed by atoms with Crippen molar-refractivity contribution in [3.63, 3.8) is 0 Å². The first-order valence-electron chi connectivity index (χ1n) is 6.86. The van der Waals surface area contributed by atoms with Gasteiger partial charge in [0.05, 0.1) is 0 Å². The van der Waals surface area contributed by atoms with Crippen LogP contribution in [0.1, 0.15) is 43.0 Å². The maximum atomic E-state index is 5.68. The minimum atomic E-state index is 0.220. The molecule has 2 N–H and O–H groups in total. The molecule has 0 aromatic heterocycles. The van der Waals surface area contributed by atoms with Crippen LogP contribution in [0.2, 0.25) is 0 Å². The first-order chi connectivity index (χ1) is 8.99. The van der Waals surface area contributed by atoms with E-state index >= 15 is 0 Å². The van der Waals surface area contributed by atoms with Gasteiger partial charge in [-0.1, -0.05) is 69.3 Å². The van der Waals surface area contributed by atoms with Crippen molar-refractivity contribution in [2.45, 2.75) is 39.2 Å². The Kier molecular flexibility index (Phi) is 4.06. The number of nitrogens with two attached hydrogens (primary N) is 1. The monoisotopic (exact) mass is 253 g/mol. The second-order valence-electron chi connectivity index (χ2n) is 6.15. The zero-order valence-corrected chi connectivity index (χ0v) is 12.1. The largest absolute Gasteiger partial charge is 0.326 e. The van der Waals surface area contributed by atoms with E-state index in [0.717, 1.165) is 6.42 Å². The Hall–Kier alpha value is -1.60. The van der Waals surface area contributed by atoms with Crippen molar-refractivity contribution >= 4 is 0 Å². The predicted octanol–water partition coefficient (Wildman–Crippen LogP) is 4.03. The molecule has 0 aliphatic rings. The Bertz CT molecular complexity index is 532. The van der Waals surface area contributed by atoms with Gasteiger partial charge in [0.2, 0.25) is 0 Å². The van der Waals surface area contributed by atoms with Gasteiger partial charge in [0.25, 0.3) is 0 Å². The molecule has 0 radical (unpaired) electrons. The van der Waals surface area contributed by atoms with E-state index in [4.69, 9.17) is 5.73 Å². The van der Waals surface area contributed by atoms with Crippen LogP contribution >= 0.6 is 0 Å². The highest BCUT2D eigenvalue weighted by Gasteiger charge is 2.12. The van der Waals surface area contributed by atoms with Crippen LogP contribution in [0.15, 0.2) is 48.5 Å². The van der Waals surface area contributed by atoms with E-state index in [2.05, 4.69) is 69.3 Å². The van der Waals surface area contributed by atoms with Gasteiger partial charge in [-0.2, -0.15) is 0 Å². The Morgan fingerprint density at radius 2 is 1.47 bits per heavy atom. The zero-order chi connectivity index (χ0) is 13.9. The van der Waals surface area contributed by atoms with Crippen LogP contribution in [-0.4, -0.2) is 0 Å². The quantitative estimate of drug-likeness (QED) is 0.878. The van der Waals surface area contributed by atoms with Crippen molar-refractivity contribution in [2.24, 2.45) is 5.73 Å². The lowest BCUT2D eigenvalue weighted by molar-refractivity contribution is 0.590. The molecule has 0 unspecified atom stereocenters. The molecule has 0 aliphatic carbocycles. The Morgan fingerprint density at radius 1 is 0.842 bits per heavy atom. The predicted molar refractivity (Wildman–Crippen MR) is 82.3 cm³/mol. The summed E-state index contributed by atoms with van der Waals surface area (Å²) in [5.41, 5.74) is 11.2. The Labute approximate surface area is 116 Å². The molecule has 0 amide bonds. The van der Waals surface area contributed by atoms with Crippen LogP contribution in [0.4, 0.5) is 0 Å². The average Bonchev–Trinajstić information content (AvgIpc) is 2.38. The molecule has 1 nitrogen and oxygen atoms in total. The molecule has 100 valence electrons. The summed E-state index contributed by atoms with van der Waals surface area (Å²) in [6.07, 6.45) is 0.970. The fourth-order valence-corrected chi connectivity index (χ4v) is 2.22. The van der Waals surface area contributed by atoms with Gasteiger partial charge in [0.1, 0.15) is 0 Å².